The Morgan fingerprint density at radius 1 is 1.45 bits per heavy atom. The lowest BCUT2D eigenvalue weighted by molar-refractivity contribution is -0.140. The monoisotopic (exact) mass is 343 g/mol. The number of rotatable bonds is 8. The predicted molar refractivity (Wildman–Crippen MR) is 83.0 cm³/mol. The predicted octanol–water partition coefficient (Wildman–Crippen LogP) is 3.45. The number of ether oxygens (including phenoxy) is 2. The summed E-state index contributed by atoms with van der Waals surface area (Å²) >= 11 is 3.48. The summed E-state index contributed by atoms with van der Waals surface area (Å²) in [5.41, 5.74) is 1.11. The first-order chi connectivity index (χ1) is 9.58. The molecule has 0 saturated heterocycles. The Labute approximate surface area is 129 Å². The smallest absolute Gasteiger partial charge is 0.305 e. The number of nitrogens with one attached hydrogen (secondary N) is 1. The molecule has 0 bridgehead atoms. The van der Waals surface area contributed by atoms with E-state index in [2.05, 4.69) is 45.9 Å². The van der Waals surface area contributed by atoms with Crippen molar-refractivity contribution in [2.24, 2.45) is 0 Å². The zero-order chi connectivity index (χ0) is 15.0. The third-order valence-corrected chi connectivity index (χ3v) is 3.45. The zero-order valence-corrected chi connectivity index (χ0v) is 13.8. The van der Waals surface area contributed by atoms with Gasteiger partial charge in [0.25, 0.3) is 0 Å². The van der Waals surface area contributed by atoms with Crippen LogP contribution in [0, 0.1) is 0 Å². The minimum absolute atomic E-state index is 0.203. The number of carbonyl (C=O) groups excluding carboxylic acids is 1. The Morgan fingerprint density at radius 3 is 2.85 bits per heavy atom. The van der Waals surface area contributed by atoms with Crippen molar-refractivity contribution in [1.82, 2.24) is 5.32 Å². The average Bonchev–Trinajstić information content (AvgIpc) is 2.44. The van der Waals surface area contributed by atoms with Gasteiger partial charge in [-0.25, -0.2) is 0 Å². The number of carbonyl (C=O) groups is 1. The van der Waals surface area contributed by atoms with Crippen molar-refractivity contribution in [2.75, 3.05) is 20.3 Å². The lowest BCUT2D eigenvalue weighted by atomic mass is 10.1. The van der Waals surface area contributed by atoms with Gasteiger partial charge in [-0.2, -0.15) is 0 Å². The number of benzene rings is 1. The van der Waals surface area contributed by atoms with Gasteiger partial charge in [-0.15, -0.1) is 0 Å². The van der Waals surface area contributed by atoms with Crippen LogP contribution in [0.5, 0.6) is 5.75 Å². The molecule has 0 aliphatic heterocycles. The molecular formula is C15H22BrNO3. The summed E-state index contributed by atoms with van der Waals surface area (Å²) in [5.74, 6) is 0.650. The van der Waals surface area contributed by atoms with Crippen molar-refractivity contribution in [2.45, 2.75) is 32.7 Å². The second-order valence-electron chi connectivity index (χ2n) is 4.49. The van der Waals surface area contributed by atoms with E-state index in [0.717, 1.165) is 22.3 Å². The van der Waals surface area contributed by atoms with Crippen LogP contribution in [0.25, 0.3) is 0 Å². The standard InChI is InChI=1S/C15H22BrNO3/c1-4-17-11(2)13-10-12(16)7-8-14(13)20-9-5-6-15(18)19-3/h7-8,10-11,17H,4-6,9H2,1-3H3. The Bertz CT molecular complexity index is 437. The van der Waals surface area contributed by atoms with Gasteiger partial charge in [0, 0.05) is 22.5 Å². The number of methoxy groups -OCH3 is 1. The Morgan fingerprint density at radius 2 is 2.20 bits per heavy atom. The molecule has 1 rings (SSSR count). The molecule has 0 aliphatic carbocycles. The van der Waals surface area contributed by atoms with Crippen LogP contribution >= 0.6 is 15.9 Å². The number of halogens is 1. The minimum Gasteiger partial charge on any atom is -0.493 e. The first-order valence-corrected chi connectivity index (χ1v) is 7.60. The fourth-order valence-corrected chi connectivity index (χ4v) is 2.28. The first-order valence-electron chi connectivity index (χ1n) is 6.81. The Kier molecular flexibility index (Phi) is 7.62. The van der Waals surface area contributed by atoms with E-state index < -0.39 is 0 Å². The lowest BCUT2D eigenvalue weighted by Crippen LogP contribution is -2.18. The van der Waals surface area contributed by atoms with Crippen molar-refractivity contribution in [1.29, 1.82) is 0 Å². The van der Waals surface area contributed by atoms with E-state index in [1.165, 1.54) is 7.11 Å². The van der Waals surface area contributed by atoms with Crippen LogP contribution in [0.4, 0.5) is 0 Å². The maximum atomic E-state index is 11.0. The van der Waals surface area contributed by atoms with Crippen LogP contribution in [0.1, 0.15) is 38.3 Å². The highest BCUT2D eigenvalue weighted by molar-refractivity contribution is 9.10. The summed E-state index contributed by atoms with van der Waals surface area (Å²) < 4.78 is 11.4. The van der Waals surface area contributed by atoms with E-state index in [1.54, 1.807) is 0 Å². The van der Waals surface area contributed by atoms with Crippen molar-refractivity contribution in [3.63, 3.8) is 0 Å². The van der Waals surface area contributed by atoms with Gasteiger partial charge < -0.3 is 14.8 Å². The fraction of sp³-hybridized carbons (Fsp3) is 0.533. The molecule has 1 aromatic rings. The molecule has 4 nitrogen and oxygen atoms in total. The second-order valence-corrected chi connectivity index (χ2v) is 5.41. The third-order valence-electron chi connectivity index (χ3n) is 2.96. The van der Waals surface area contributed by atoms with E-state index in [1.807, 2.05) is 12.1 Å². The molecule has 0 fully saturated rings. The van der Waals surface area contributed by atoms with E-state index in [9.17, 15) is 4.79 Å². The molecule has 0 spiro atoms. The maximum absolute atomic E-state index is 11.0. The molecule has 20 heavy (non-hydrogen) atoms. The van der Waals surface area contributed by atoms with Crippen molar-refractivity contribution in [3.8, 4) is 5.75 Å². The Balaban J connectivity index is 2.62. The minimum atomic E-state index is -0.203. The summed E-state index contributed by atoms with van der Waals surface area (Å²) in [5, 5.41) is 3.37. The van der Waals surface area contributed by atoms with Crippen molar-refractivity contribution < 1.29 is 14.3 Å². The van der Waals surface area contributed by atoms with Crippen molar-refractivity contribution >= 4 is 21.9 Å². The molecule has 1 atom stereocenters. The number of esters is 1. The Hall–Kier alpha value is -1.07. The molecular weight excluding hydrogens is 322 g/mol. The molecule has 0 aliphatic rings. The van der Waals surface area contributed by atoms with Gasteiger partial charge in [-0.05, 0) is 38.1 Å². The average molecular weight is 344 g/mol. The van der Waals surface area contributed by atoms with E-state index in [4.69, 9.17) is 4.74 Å². The molecule has 5 heteroatoms. The number of hydrogen-bond acceptors (Lipinski definition) is 4. The molecule has 112 valence electrons. The largest absolute Gasteiger partial charge is 0.493 e. The van der Waals surface area contributed by atoms with E-state index in [-0.39, 0.29) is 12.0 Å². The summed E-state index contributed by atoms with van der Waals surface area (Å²) in [7, 11) is 1.40. The fourth-order valence-electron chi connectivity index (χ4n) is 1.91. The lowest BCUT2D eigenvalue weighted by Gasteiger charge is -2.18. The molecule has 1 aromatic carbocycles. The quantitative estimate of drug-likeness (QED) is 0.580. The van der Waals surface area contributed by atoms with Gasteiger partial charge in [0.15, 0.2) is 0 Å². The molecule has 0 amide bonds. The van der Waals surface area contributed by atoms with Gasteiger partial charge in [0.2, 0.25) is 0 Å². The summed E-state index contributed by atoms with van der Waals surface area (Å²) in [6.07, 6.45) is 1.03. The summed E-state index contributed by atoms with van der Waals surface area (Å²) in [6.45, 7) is 5.58. The molecule has 0 radical (unpaired) electrons. The summed E-state index contributed by atoms with van der Waals surface area (Å²) in [4.78, 5) is 11.0. The SMILES string of the molecule is CCNC(C)c1cc(Br)ccc1OCCCC(=O)OC. The molecule has 1 N–H and O–H groups in total. The highest BCUT2D eigenvalue weighted by Crippen LogP contribution is 2.28. The molecule has 1 unspecified atom stereocenters. The van der Waals surface area contributed by atoms with Gasteiger partial charge in [0.05, 0.1) is 13.7 Å². The van der Waals surface area contributed by atoms with Crippen LogP contribution in [-0.2, 0) is 9.53 Å². The van der Waals surface area contributed by atoms with Crippen molar-refractivity contribution in [3.05, 3.63) is 28.2 Å². The van der Waals surface area contributed by atoms with Gasteiger partial charge in [0.1, 0.15) is 5.75 Å². The van der Waals surface area contributed by atoms with Crippen LogP contribution in [0.3, 0.4) is 0 Å². The molecule has 0 saturated carbocycles. The first kappa shape index (κ1) is 17.0. The number of hydrogen-bond donors (Lipinski definition) is 1. The van der Waals surface area contributed by atoms with E-state index in [0.29, 0.717) is 19.4 Å². The highest BCUT2D eigenvalue weighted by atomic mass is 79.9. The third kappa shape index (κ3) is 5.51. The van der Waals surface area contributed by atoms with E-state index >= 15 is 0 Å². The van der Waals surface area contributed by atoms with Crippen LogP contribution in [0.15, 0.2) is 22.7 Å². The highest BCUT2D eigenvalue weighted by Gasteiger charge is 2.11. The maximum Gasteiger partial charge on any atom is 0.305 e. The van der Waals surface area contributed by atoms with Crippen LogP contribution in [-0.4, -0.2) is 26.2 Å². The second kappa shape index (κ2) is 8.97. The van der Waals surface area contributed by atoms with Crippen LogP contribution in [0.2, 0.25) is 0 Å². The zero-order valence-electron chi connectivity index (χ0n) is 12.2. The normalized spacial score (nSPS) is 12.0. The van der Waals surface area contributed by atoms with Gasteiger partial charge in [-0.1, -0.05) is 22.9 Å². The topological polar surface area (TPSA) is 47.6 Å². The van der Waals surface area contributed by atoms with Crippen LogP contribution < -0.4 is 10.1 Å². The van der Waals surface area contributed by atoms with Gasteiger partial charge >= 0.3 is 5.97 Å². The molecule has 0 heterocycles. The van der Waals surface area contributed by atoms with Gasteiger partial charge in [-0.3, -0.25) is 4.79 Å². The summed E-state index contributed by atoms with van der Waals surface area (Å²) in [6, 6.07) is 6.18. The molecule has 0 aromatic heterocycles.